The van der Waals surface area contributed by atoms with Gasteiger partial charge < -0.3 is 20.4 Å². The second kappa shape index (κ2) is 12.4. The smallest absolute Gasteiger partial charge is 0.317 e. The molecule has 1 aliphatic heterocycles. The van der Waals surface area contributed by atoms with Crippen LogP contribution in [-0.2, 0) is 16.0 Å². The summed E-state index contributed by atoms with van der Waals surface area (Å²) in [6.45, 7) is 9.11. The minimum atomic E-state index is -0.675. The maximum atomic E-state index is 13.7. The zero-order chi connectivity index (χ0) is 25.4. The minimum absolute atomic E-state index is 0.0518. The van der Waals surface area contributed by atoms with Gasteiger partial charge in [0.05, 0.1) is 5.92 Å². The lowest BCUT2D eigenvalue weighted by molar-refractivity contribution is -0.138. The van der Waals surface area contributed by atoms with Gasteiger partial charge in [0.2, 0.25) is 11.8 Å². The number of rotatable bonds is 8. The summed E-state index contributed by atoms with van der Waals surface area (Å²) in [5.41, 5.74) is 1.93. The summed E-state index contributed by atoms with van der Waals surface area (Å²) in [6, 6.07) is 18.6. The molecule has 0 aromatic heterocycles. The number of amides is 4. The highest BCUT2D eigenvalue weighted by Gasteiger charge is 2.34. The third kappa shape index (κ3) is 7.07. The second-order valence-corrected chi connectivity index (χ2v) is 9.55. The Hall–Kier alpha value is -3.35. The van der Waals surface area contributed by atoms with Crippen LogP contribution in [0.3, 0.4) is 0 Å². The van der Waals surface area contributed by atoms with Crippen molar-refractivity contribution in [1.29, 1.82) is 0 Å². The van der Waals surface area contributed by atoms with Crippen LogP contribution >= 0.6 is 0 Å². The number of hydrogen-bond donors (Lipinski definition) is 2. The first kappa shape index (κ1) is 26.3. The van der Waals surface area contributed by atoms with Crippen molar-refractivity contribution in [2.75, 3.05) is 19.6 Å². The average molecular weight is 479 g/mol. The summed E-state index contributed by atoms with van der Waals surface area (Å²) >= 11 is 0. The number of nitrogens with one attached hydrogen (secondary N) is 2. The van der Waals surface area contributed by atoms with Crippen molar-refractivity contribution in [1.82, 2.24) is 20.4 Å². The molecule has 1 heterocycles. The molecule has 0 bridgehead atoms. The van der Waals surface area contributed by atoms with Crippen LogP contribution in [0.2, 0.25) is 0 Å². The fourth-order valence-corrected chi connectivity index (χ4v) is 4.59. The van der Waals surface area contributed by atoms with Gasteiger partial charge in [-0.05, 0) is 38.3 Å². The van der Waals surface area contributed by atoms with Gasteiger partial charge in [-0.3, -0.25) is 9.59 Å². The molecule has 3 rings (SSSR count). The molecule has 4 amide bonds. The summed E-state index contributed by atoms with van der Waals surface area (Å²) in [7, 11) is 0. The molecule has 0 aliphatic carbocycles. The summed E-state index contributed by atoms with van der Waals surface area (Å²) in [5, 5.41) is 5.99. The first-order chi connectivity index (χ1) is 16.8. The molecular formula is C28H38N4O3. The molecule has 2 aromatic rings. The van der Waals surface area contributed by atoms with Crippen molar-refractivity contribution in [3.05, 3.63) is 71.8 Å². The van der Waals surface area contributed by atoms with E-state index in [1.165, 1.54) is 0 Å². The molecule has 2 N–H and O–H groups in total. The Kier molecular flexibility index (Phi) is 9.29. The first-order valence-electron chi connectivity index (χ1n) is 12.5. The van der Waals surface area contributed by atoms with E-state index in [2.05, 4.69) is 10.6 Å². The van der Waals surface area contributed by atoms with Crippen molar-refractivity contribution >= 4 is 17.8 Å². The van der Waals surface area contributed by atoms with Gasteiger partial charge in [-0.25, -0.2) is 4.79 Å². The van der Waals surface area contributed by atoms with E-state index in [-0.39, 0.29) is 35.8 Å². The molecule has 7 nitrogen and oxygen atoms in total. The maximum absolute atomic E-state index is 13.7. The number of hydrogen-bond acceptors (Lipinski definition) is 3. The van der Waals surface area contributed by atoms with E-state index in [9.17, 15) is 14.4 Å². The Morgan fingerprint density at radius 1 is 0.943 bits per heavy atom. The SMILES string of the molecule is CCC(C(=O)NC(Cc1ccccc1)C(=O)N1CCN(C(=O)NC(C)C)C(C)C1)c1ccccc1. The van der Waals surface area contributed by atoms with E-state index < -0.39 is 6.04 Å². The molecule has 35 heavy (non-hydrogen) atoms. The number of benzene rings is 2. The number of carbonyl (C=O) groups is 3. The van der Waals surface area contributed by atoms with Crippen LogP contribution in [0.4, 0.5) is 4.79 Å². The van der Waals surface area contributed by atoms with Crippen LogP contribution < -0.4 is 10.6 Å². The summed E-state index contributed by atoms with van der Waals surface area (Å²) in [6.07, 6.45) is 1.06. The quantitative estimate of drug-likeness (QED) is 0.609. The lowest BCUT2D eigenvalue weighted by Crippen LogP contribution is -2.61. The van der Waals surface area contributed by atoms with Crippen LogP contribution in [-0.4, -0.2) is 65.4 Å². The molecule has 188 valence electrons. The van der Waals surface area contributed by atoms with Crippen molar-refractivity contribution < 1.29 is 14.4 Å². The molecule has 0 radical (unpaired) electrons. The number of urea groups is 1. The van der Waals surface area contributed by atoms with E-state index in [4.69, 9.17) is 0 Å². The molecule has 1 aliphatic rings. The third-order valence-corrected chi connectivity index (χ3v) is 6.44. The highest BCUT2D eigenvalue weighted by Crippen LogP contribution is 2.20. The topological polar surface area (TPSA) is 81.8 Å². The molecule has 1 fully saturated rings. The Bertz CT molecular complexity index is 980. The van der Waals surface area contributed by atoms with Gasteiger partial charge in [0.1, 0.15) is 6.04 Å². The van der Waals surface area contributed by atoms with E-state index >= 15 is 0 Å². The van der Waals surface area contributed by atoms with Crippen LogP contribution in [0.15, 0.2) is 60.7 Å². The van der Waals surface area contributed by atoms with Gasteiger partial charge in [0.15, 0.2) is 0 Å². The van der Waals surface area contributed by atoms with Gasteiger partial charge >= 0.3 is 6.03 Å². The number of piperazine rings is 1. The normalized spacial score (nSPS) is 17.6. The lowest BCUT2D eigenvalue weighted by atomic mass is 9.94. The van der Waals surface area contributed by atoms with Crippen LogP contribution in [0.25, 0.3) is 0 Å². The lowest BCUT2D eigenvalue weighted by Gasteiger charge is -2.41. The maximum Gasteiger partial charge on any atom is 0.317 e. The highest BCUT2D eigenvalue weighted by atomic mass is 16.2. The van der Waals surface area contributed by atoms with Crippen molar-refractivity contribution in [3.63, 3.8) is 0 Å². The largest absolute Gasteiger partial charge is 0.343 e. The Labute approximate surface area is 208 Å². The predicted octanol–water partition coefficient (Wildman–Crippen LogP) is 3.56. The van der Waals surface area contributed by atoms with Gasteiger partial charge in [-0.15, -0.1) is 0 Å². The monoisotopic (exact) mass is 478 g/mol. The first-order valence-corrected chi connectivity index (χ1v) is 12.5. The third-order valence-electron chi connectivity index (χ3n) is 6.44. The number of carbonyl (C=O) groups excluding carboxylic acids is 3. The van der Waals surface area contributed by atoms with E-state index in [0.717, 1.165) is 11.1 Å². The summed E-state index contributed by atoms with van der Waals surface area (Å²) in [5.74, 6) is -0.574. The summed E-state index contributed by atoms with van der Waals surface area (Å²) in [4.78, 5) is 43.1. The molecule has 0 saturated carbocycles. The fourth-order valence-electron chi connectivity index (χ4n) is 4.59. The Morgan fingerprint density at radius 3 is 2.14 bits per heavy atom. The summed E-state index contributed by atoms with van der Waals surface area (Å²) < 4.78 is 0. The van der Waals surface area contributed by atoms with Crippen LogP contribution in [0, 0.1) is 0 Å². The molecule has 1 saturated heterocycles. The fraction of sp³-hybridized carbons (Fsp3) is 0.464. The zero-order valence-corrected chi connectivity index (χ0v) is 21.2. The molecule has 3 atom stereocenters. The highest BCUT2D eigenvalue weighted by molar-refractivity contribution is 5.91. The van der Waals surface area contributed by atoms with Crippen molar-refractivity contribution in [3.8, 4) is 0 Å². The van der Waals surface area contributed by atoms with Gasteiger partial charge in [-0.2, -0.15) is 0 Å². The molecule has 3 unspecified atom stereocenters. The van der Waals surface area contributed by atoms with E-state index in [1.54, 1.807) is 9.80 Å². The van der Waals surface area contributed by atoms with Gasteiger partial charge in [-0.1, -0.05) is 67.6 Å². The van der Waals surface area contributed by atoms with Crippen molar-refractivity contribution in [2.24, 2.45) is 0 Å². The van der Waals surface area contributed by atoms with E-state index in [0.29, 0.717) is 32.5 Å². The molecule has 0 spiro atoms. The second-order valence-electron chi connectivity index (χ2n) is 9.55. The van der Waals surface area contributed by atoms with Gasteiger partial charge in [0.25, 0.3) is 0 Å². The van der Waals surface area contributed by atoms with Crippen LogP contribution in [0.1, 0.15) is 51.2 Å². The van der Waals surface area contributed by atoms with Gasteiger partial charge in [0, 0.05) is 38.1 Å². The zero-order valence-electron chi connectivity index (χ0n) is 21.2. The average Bonchev–Trinajstić information content (AvgIpc) is 2.84. The predicted molar refractivity (Wildman–Crippen MR) is 138 cm³/mol. The molecular weight excluding hydrogens is 440 g/mol. The molecule has 7 heteroatoms. The standard InChI is InChI=1S/C28H38N4O3/c1-5-24(23-14-10-7-11-15-23)26(33)30-25(18-22-12-8-6-9-13-22)27(34)31-16-17-32(21(4)19-31)28(35)29-20(2)3/h6-15,20-21,24-25H,5,16-19H2,1-4H3,(H,29,35)(H,30,33). The van der Waals surface area contributed by atoms with E-state index in [1.807, 2.05) is 88.4 Å². The van der Waals surface area contributed by atoms with Crippen molar-refractivity contribution in [2.45, 2.75) is 64.6 Å². The number of nitrogens with zero attached hydrogens (tertiary/aromatic N) is 2. The van der Waals surface area contributed by atoms with Crippen LogP contribution in [0.5, 0.6) is 0 Å². The Balaban J connectivity index is 1.75. The minimum Gasteiger partial charge on any atom is -0.343 e. The Morgan fingerprint density at radius 2 is 1.57 bits per heavy atom. The molecule has 2 aromatic carbocycles.